The number of methoxy groups -OCH3 is 1. The van der Waals surface area contributed by atoms with Crippen LogP contribution in [0.4, 0.5) is 0 Å². The first-order valence-corrected chi connectivity index (χ1v) is 11.0. The summed E-state index contributed by atoms with van der Waals surface area (Å²) in [6.07, 6.45) is 9.80. The van der Waals surface area contributed by atoms with E-state index < -0.39 is 0 Å². The highest BCUT2D eigenvalue weighted by Crippen LogP contribution is 2.32. The molecule has 4 heteroatoms. The molecular weight excluding hydrogens is 374 g/mol. The molecule has 30 heavy (non-hydrogen) atoms. The minimum absolute atomic E-state index is 0.0907. The highest BCUT2D eigenvalue weighted by molar-refractivity contribution is 5.83. The molecule has 0 N–H and O–H groups in total. The van der Waals surface area contributed by atoms with Gasteiger partial charge in [0.15, 0.2) is 6.79 Å². The second kappa shape index (κ2) is 9.94. The van der Waals surface area contributed by atoms with Crippen LogP contribution in [-0.4, -0.2) is 18.9 Å². The van der Waals surface area contributed by atoms with Gasteiger partial charge in [0.05, 0.1) is 5.52 Å². The Balaban J connectivity index is 1.52. The van der Waals surface area contributed by atoms with Crippen molar-refractivity contribution in [3.05, 3.63) is 65.9 Å². The summed E-state index contributed by atoms with van der Waals surface area (Å²) in [6.45, 7) is 2.30. The molecule has 1 unspecified atom stereocenters. The average Bonchev–Trinajstić information content (AvgIpc) is 2.79. The maximum Gasteiger partial charge on any atom is 0.188 e. The van der Waals surface area contributed by atoms with Crippen molar-refractivity contribution in [3.8, 4) is 11.5 Å². The number of fused-ring (bicyclic) bond motifs is 1. The van der Waals surface area contributed by atoms with E-state index in [1.54, 1.807) is 7.11 Å². The third kappa shape index (κ3) is 5.11. The summed E-state index contributed by atoms with van der Waals surface area (Å²) in [5, 5.41) is 1.21. The molecule has 1 aromatic heterocycles. The second-order valence-electron chi connectivity index (χ2n) is 8.24. The molecule has 1 fully saturated rings. The molecule has 0 aliphatic heterocycles. The van der Waals surface area contributed by atoms with E-state index in [0.717, 1.165) is 34.9 Å². The fourth-order valence-electron chi connectivity index (χ4n) is 4.39. The minimum Gasteiger partial charge on any atom is -0.486 e. The lowest BCUT2D eigenvalue weighted by atomic mass is 9.84. The largest absolute Gasteiger partial charge is 0.486 e. The van der Waals surface area contributed by atoms with Crippen LogP contribution in [0.25, 0.3) is 10.9 Å². The first-order valence-electron chi connectivity index (χ1n) is 11.0. The molecule has 1 aliphatic carbocycles. The first kappa shape index (κ1) is 20.7. The lowest BCUT2D eigenvalue weighted by Gasteiger charge is -2.22. The Morgan fingerprint density at radius 3 is 2.70 bits per heavy atom. The van der Waals surface area contributed by atoms with Crippen molar-refractivity contribution in [2.45, 2.75) is 51.6 Å². The van der Waals surface area contributed by atoms with Crippen LogP contribution in [0, 0.1) is 5.92 Å². The zero-order valence-corrected chi connectivity index (χ0v) is 18.0. The van der Waals surface area contributed by atoms with E-state index in [-0.39, 0.29) is 12.9 Å². The molecular formula is C26H31NO3. The standard InChI is InChI=1S/C26H31NO3/c1-19(21-9-6-10-23(16-21)29-18-28-2)30-24-11-12-26-25(17-24)22(13-14-27-26)15-20-7-4-3-5-8-20/h6,9-14,16-17,19-20H,3-5,7-8,15,18H2,1-2H3. The predicted molar refractivity (Wildman–Crippen MR) is 120 cm³/mol. The predicted octanol–water partition coefficient (Wildman–Crippen LogP) is 6.48. The maximum atomic E-state index is 6.30. The second-order valence-corrected chi connectivity index (χ2v) is 8.24. The topological polar surface area (TPSA) is 40.6 Å². The summed E-state index contributed by atoms with van der Waals surface area (Å²) >= 11 is 0. The SMILES string of the molecule is COCOc1cccc(C(C)Oc2ccc3nccc(CC4CCCCC4)c3c2)c1. The number of pyridine rings is 1. The molecule has 0 spiro atoms. The van der Waals surface area contributed by atoms with Crippen LogP contribution < -0.4 is 9.47 Å². The van der Waals surface area contributed by atoms with Gasteiger partial charge in [-0.25, -0.2) is 0 Å². The number of nitrogens with zero attached hydrogens (tertiary/aromatic N) is 1. The van der Waals surface area contributed by atoms with Crippen LogP contribution in [0.5, 0.6) is 11.5 Å². The first-order chi connectivity index (χ1) is 14.7. The van der Waals surface area contributed by atoms with Crippen LogP contribution >= 0.6 is 0 Å². The summed E-state index contributed by atoms with van der Waals surface area (Å²) in [7, 11) is 1.62. The number of benzene rings is 2. The van der Waals surface area contributed by atoms with Crippen molar-refractivity contribution in [3.63, 3.8) is 0 Å². The smallest absolute Gasteiger partial charge is 0.188 e. The summed E-state index contributed by atoms with van der Waals surface area (Å²) in [6, 6.07) is 16.4. The molecule has 1 aliphatic rings. The van der Waals surface area contributed by atoms with Crippen molar-refractivity contribution in [2.24, 2.45) is 5.92 Å². The van der Waals surface area contributed by atoms with Crippen molar-refractivity contribution < 1.29 is 14.2 Å². The van der Waals surface area contributed by atoms with E-state index in [9.17, 15) is 0 Å². The summed E-state index contributed by atoms with van der Waals surface area (Å²) in [5.74, 6) is 2.45. The lowest BCUT2D eigenvalue weighted by molar-refractivity contribution is 0.0509. The van der Waals surface area contributed by atoms with Crippen LogP contribution in [0.1, 0.15) is 56.3 Å². The van der Waals surface area contributed by atoms with Gasteiger partial charge in [0, 0.05) is 18.7 Å². The minimum atomic E-state index is -0.0907. The van der Waals surface area contributed by atoms with Gasteiger partial charge in [-0.3, -0.25) is 4.98 Å². The fraction of sp³-hybridized carbons (Fsp3) is 0.423. The molecule has 0 saturated heterocycles. The third-order valence-electron chi connectivity index (χ3n) is 6.02. The number of rotatable bonds is 8. The highest BCUT2D eigenvalue weighted by atomic mass is 16.7. The Hall–Kier alpha value is -2.59. The summed E-state index contributed by atoms with van der Waals surface area (Å²) in [5.41, 5.74) is 3.50. The highest BCUT2D eigenvalue weighted by Gasteiger charge is 2.16. The van der Waals surface area contributed by atoms with Gasteiger partial charge in [0.2, 0.25) is 0 Å². The Morgan fingerprint density at radius 2 is 1.87 bits per heavy atom. The normalized spacial score (nSPS) is 15.8. The maximum absolute atomic E-state index is 6.30. The Bertz CT molecular complexity index is 965. The van der Waals surface area contributed by atoms with Crippen LogP contribution in [0.3, 0.4) is 0 Å². The Morgan fingerprint density at radius 1 is 1.00 bits per heavy atom. The van der Waals surface area contributed by atoms with Gasteiger partial charge >= 0.3 is 0 Å². The molecule has 0 bridgehead atoms. The third-order valence-corrected chi connectivity index (χ3v) is 6.02. The van der Waals surface area contributed by atoms with E-state index in [1.165, 1.54) is 43.1 Å². The number of hydrogen-bond donors (Lipinski definition) is 0. The molecule has 0 radical (unpaired) electrons. The molecule has 1 atom stereocenters. The van der Waals surface area contributed by atoms with E-state index in [2.05, 4.69) is 36.2 Å². The Labute approximate surface area is 179 Å². The van der Waals surface area contributed by atoms with Crippen LogP contribution in [0.15, 0.2) is 54.7 Å². The van der Waals surface area contributed by atoms with Crippen LogP contribution in [0.2, 0.25) is 0 Å². The number of ether oxygens (including phenoxy) is 3. The molecule has 4 nitrogen and oxygen atoms in total. The van der Waals surface area contributed by atoms with Gasteiger partial charge in [0.25, 0.3) is 0 Å². The molecule has 3 aromatic rings. The molecule has 158 valence electrons. The van der Waals surface area contributed by atoms with E-state index in [4.69, 9.17) is 14.2 Å². The summed E-state index contributed by atoms with van der Waals surface area (Å²) in [4.78, 5) is 4.57. The van der Waals surface area contributed by atoms with Crippen LogP contribution in [-0.2, 0) is 11.2 Å². The van der Waals surface area contributed by atoms with Gasteiger partial charge in [-0.1, -0.05) is 44.2 Å². The zero-order chi connectivity index (χ0) is 20.8. The lowest BCUT2D eigenvalue weighted by Crippen LogP contribution is -2.09. The van der Waals surface area contributed by atoms with Gasteiger partial charge in [-0.2, -0.15) is 0 Å². The van der Waals surface area contributed by atoms with Crippen molar-refractivity contribution in [1.82, 2.24) is 4.98 Å². The number of aromatic nitrogens is 1. The fourth-order valence-corrected chi connectivity index (χ4v) is 4.39. The van der Waals surface area contributed by atoms with E-state index >= 15 is 0 Å². The van der Waals surface area contributed by atoms with Gasteiger partial charge < -0.3 is 14.2 Å². The van der Waals surface area contributed by atoms with Gasteiger partial charge in [-0.15, -0.1) is 0 Å². The molecule has 1 heterocycles. The molecule has 2 aromatic carbocycles. The van der Waals surface area contributed by atoms with Gasteiger partial charge in [0.1, 0.15) is 17.6 Å². The van der Waals surface area contributed by atoms with Gasteiger partial charge in [-0.05, 0) is 66.8 Å². The quantitative estimate of drug-likeness (QED) is 0.402. The average molecular weight is 406 g/mol. The van der Waals surface area contributed by atoms with Crippen molar-refractivity contribution >= 4 is 10.9 Å². The van der Waals surface area contributed by atoms with Crippen molar-refractivity contribution in [2.75, 3.05) is 13.9 Å². The summed E-state index contributed by atoms with van der Waals surface area (Å²) < 4.78 is 16.8. The number of hydrogen-bond acceptors (Lipinski definition) is 4. The van der Waals surface area contributed by atoms with E-state index in [0.29, 0.717) is 0 Å². The molecule has 4 rings (SSSR count). The molecule has 1 saturated carbocycles. The monoisotopic (exact) mass is 405 g/mol. The molecule has 0 amide bonds. The zero-order valence-electron chi connectivity index (χ0n) is 18.0. The Kier molecular flexibility index (Phi) is 6.85. The van der Waals surface area contributed by atoms with E-state index in [1.807, 2.05) is 30.5 Å². The van der Waals surface area contributed by atoms with Crippen molar-refractivity contribution in [1.29, 1.82) is 0 Å².